The number of fused-ring (bicyclic) bond motifs is 1. The van der Waals surface area contributed by atoms with Gasteiger partial charge in [-0.3, -0.25) is 9.97 Å². The fraction of sp³-hybridized carbons (Fsp3) is 0.167. The molecule has 2 aromatic heterocycles. The number of aromatic nitrogens is 2. The van der Waals surface area contributed by atoms with Gasteiger partial charge in [0.15, 0.2) is 0 Å². The molecule has 0 aliphatic carbocycles. The van der Waals surface area contributed by atoms with Crippen LogP contribution >= 0.6 is 34.8 Å². The van der Waals surface area contributed by atoms with Gasteiger partial charge in [-0.05, 0) is 24.1 Å². The Morgan fingerprint density at radius 1 is 0.968 bits per heavy atom. The van der Waals surface area contributed by atoms with Gasteiger partial charge in [0.05, 0.1) is 20.8 Å². The van der Waals surface area contributed by atoms with Crippen molar-refractivity contribution in [2.75, 3.05) is 0 Å². The van der Waals surface area contributed by atoms with Crippen LogP contribution in [0.5, 0.6) is 5.75 Å². The number of phenols is 1. The van der Waals surface area contributed by atoms with Gasteiger partial charge in [-0.2, -0.15) is 0 Å². The summed E-state index contributed by atoms with van der Waals surface area (Å²) in [5, 5.41) is 12.9. The Hall–Kier alpha value is -2.40. The van der Waals surface area contributed by atoms with E-state index in [0.717, 1.165) is 5.39 Å². The number of nitrogens with zero attached hydrogens (tertiary/aromatic N) is 2. The first-order valence-corrected chi connectivity index (χ1v) is 10.9. The fourth-order valence-electron chi connectivity index (χ4n) is 3.81. The predicted octanol–water partition coefficient (Wildman–Crippen LogP) is 7.37. The van der Waals surface area contributed by atoms with Crippen molar-refractivity contribution in [3.8, 4) is 5.75 Å². The van der Waals surface area contributed by atoms with Gasteiger partial charge in [-0.1, -0.05) is 72.1 Å². The summed E-state index contributed by atoms with van der Waals surface area (Å²) in [4.78, 5) is 8.55. The van der Waals surface area contributed by atoms with Crippen LogP contribution in [0.15, 0.2) is 54.9 Å². The van der Waals surface area contributed by atoms with E-state index >= 15 is 4.39 Å². The zero-order chi connectivity index (χ0) is 22.1. The van der Waals surface area contributed by atoms with E-state index in [1.54, 1.807) is 30.5 Å². The first-order valence-electron chi connectivity index (χ1n) is 9.74. The Morgan fingerprint density at radius 2 is 1.77 bits per heavy atom. The minimum atomic E-state index is -0.509. The van der Waals surface area contributed by atoms with Crippen LogP contribution in [-0.4, -0.2) is 15.1 Å². The van der Waals surface area contributed by atoms with Crippen molar-refractivity contribution in [3.63, 3.8) is 0 Å². The molecule has 0 aliphatic rings. The molecule has 0 saturated heterocycles. The number of hydrogen-bond acceptors (Lipinski definition) is 3. The highest BCUT2D eigenvalue weighted by Crippen LogP contribution is 2.42. The lowest BCUT2D eigenvalue weighted by atomic mass is 9.85. The van der Waals surface area contributed by atoms with Crippen LogP contribution in [0.4, 0.5) is 4.39 Å². The number of rotatable bonds is 5. The van der Waals surface area contributed by atoms with Crippen LogP contribution in [0.3, 0.4) is 0 Å². The molecule has 0 saturated carbocycles. The van der Waals surface area contributed by atoms with Crippen molar-refractivity contribution in [3.05, 3.63) is 98.1 Å². The van der Waals surface area contributed by atoms with Crippen LogP contribution in [0.25, 0.3) is 10.9 Å². The largest absolute Gasteiger partial charge is 0.505 e. The van der Waals surface area contributed by atoms with E-state index in [1.807, 2.05) is 25.1 Å². The number of benzene rings is 2. The third kappa shape index (κ3) is 4.08. The molecule has 1 unspecified atom stereocenters. The van der Waals surface area contributed by atoms with E-state index in [9.17, 15) is 5.11 Å². The summed E-state index contributed by atoms with van der Waals surface area (Å²) in [6, 6.07) is 12.6. The molecule has 2 aromatic carbocycles. The van der Waals surface area contributed by atoms with Crippen molar-refractivity contribution in [2.24, 2.45) is 0 Å². The van der Waals surface area contributed by atoms with Gasteiger partial charge in [-0.25, -0.2) is 4.39 Å². The van der Waals surface area contributed by atoms with Crippen molar-refractivity contribution < 1.29 is 9.50 Å². The minimum Gasteiger partial charge on any atom is -0.505 e. The predicted molar refractivity (Wildman–Crippen MR) is 124 cm³/mol. The van der Waals surface area contributed by atoms with Crippen molar-refractivity contribution in [1.29, 1.82) is 0 Å². The zero-order valence-electron chi connectivity index (χ0n) is 16.5. The second kappa shape index (κ2) is 8.99. The van der Waals surface area contributed by atoms with Gasteiger partial charge < -0.3 is 5.11 Å². The average Bonchev–Trinajstić information content (AvgIpc) is 2.77. The highest BCUT2D eigenvalue weighted by atomic mass is 35.5. The molecule has 0 aliphatic heterocycles. The van der Waals surface area contributed by atoms with Gasteiger partial charge in [0.2, 0.25) is 0 Å². The Bertz CT molecular complexity index is 1280. The molecule has 0 bridgehead atoms. The maximum absolute atomic E-state index is 15.2. The fourth-order valence-corrected chi connectivity index (χ4v) is 4.52. The molecule has 3 nitrogen and oxygen atoms in total. The van der Waals surface area contributed by atoms with Crippen LogP contribution in [0.1, 0.15) is 35.2 Å². The first kappa shape index (κ1) is 21.8. The quantitative estimate of drug-likeness (QED) is 0.328. The summed E-state index contributed by atoms with van der Waals surface area (Å²) >= 11 is 18.9. The van der Waals surface area contributed by atoms with E-state index in [1.165, 1.54) is 6.20 Å². The topological polar surface area (TPSA) is 46.0 Å². The summed E-state index contributed by atoms with van der Waals surface area (Å²) < 4.78 is 15.2. The smallest absolute Gasteiger partial charge is 0.149 e. The molecule has 2 heterocycles. The summed E-state index contributed by atoms with van der Waals surface area (Å²) in [6.07, 6.45) is 3.66. The van der Waals surface area contributed by atoms with E-state index < -0.39 is 11.7 Å². The normalized spacial score (nSPS) is 12.3. The van der Waals surface area contributed by atoms with Crippen LogP contribution in [-0.2, 0) is 12.8 Å². The maximum Gasteiger partial charge on any atom is 0.149 e. The first-order chi connectivity index (χ1) is 14.9. The van der Waals surface area contributed by atoms with Gasteiger partial charge in [-0.15, -0.1) is 0 Å². The molecule has 158 valence electrons. The lowest BCUT2D eigenvalue weighted by Crippen LogP contribution is -2.11. The van der Waals surface area contributed by atoms with E-state index in [-0.39, 0.29) is 17.9 Å². The molecular weight excluding hydrogens is 458 g/mol. The molecule has 31 heavy (non-hydrogen) atoms. The van der Waals surface area contributed by atoms with E-state index in [0.29, 0.717) is 43.7 Å². The molecular formula is C24H18Cl3FN2O. The minimum absolute atomic E-state index is 0.0178. The van der Waals surface area contributed by atoms with Crippen LogP contribution in [0, 0.1) is 5.82 Å². The number of aromatic hydroxyl groups is 1. The lowest BCUT2D eigenvalue weighted by molar-refractivity contribution is 0.468. The molecule has 0 spiro atoms. The third-order valence-corrected chi connectivity index (χ3v) is 6.56. The molecule has 0 fully saturated rings. The number of phenolic OH excluding ortho intramolecular Hbond substituents is 1. The van der Waals surface area contributed by atoms with Crippen molar-refractivity contribution in [2.45, 2.75) is 25.7 Å². The van der Waals surface area contributed by atoms with Crippen molar-refractivity contribution >= 4 is 45.7 Å². The van der Waals surface area contributed by atoms with Gasteiger partial charge in [0.1, 0.15) is 17.1 Å². The maximum atomic E-state index is 15.2. The summed E-state index contributed by atoms with van der Waals surface area (Å²) in [6.45, 7) is 1.83. The summed E-state index contributed by atoms with van der Waals surface area (Å²) in [5.74, 6) is -0.939. The molecule has 1 atom stereocenters. The standard InChI is InChI=1S/C24H18Cl3FN2O/c1-2-14-19(26)12-30-20(22(14)28)11-17(15-6-3-7-18(25)21(15)27)16-9-8-13-5-4-10-29-23(13)24(16)31/h3-10,12,17,31H,2,11H2,1H3. The molecule has 4 rings (SSSR count). The number of halogens is 4. The SMILES string of the molecule is CCc1c(Cl)cnc(CC(c2cccc(Cl)c2Cl)c2ccc3cccnc3c2O)c1F. The number of hydrogen-bond donors (Lipinski definition) is 1. The highest BCUT2D eigenvalue weighted by Gasteiger charge is 2.26. The monoisotopic (exact) mass is 474 g/mol. The number of pyridine rings is 2. The van der Waals surface area contributed by atoms with Gasteiger partial charge >= 0.3 is 0 Å². The van der Waals surface area contributed by atoms with Crippen molar-refractivity contribution in [1.82, 2.24) is 9.97 Å². The Balaban J connectivity index is 1.92. The van der Waals surface area contributed by atoms with Gasteiger partial charge in [0, 0.05) is 41.2 Å². The molecule has 0 amide bonds. The Kier molecular flexibility index (Phi) is 6.33. The zero-order valence-corrected chi connectivity index (χ0v) is 18.8. The second-order valence-corrected chi connectivity index (χ2v) is 8.37. The lowest BCUT2D eigenvalue weighted by Gasteiger charge is -2.22. The van der Waals surface area contributed by atoms with Crippen LogP contribution in [0.2, 0.25) is 15.1 Å². The highest BCUT2D eigenvalue weighted by molar-refractivity contribution is 6.42. The van der Waals surface area contributed by atoms with E-state index in [2.05, 4.69) is 9.97 Å². The molecule has 7 heteroatoms. The van der Waals surface area contributed by atoms with Gasteiger partial charge in [0.25, 0.3) is 0 Å². The molecule has 0 radical (unpaired) electrons. The van der Waals surface area contributed by atoms with Crippen LogP contribution < -0.4 is 0 Å². The molecule has 4 aromatic rings. The summed E-state index contributed by atoms with van der Waals surface area (Å²) in [7, 11) is 0. The second-order valence-electron chi connectivity index (χ2n) is 7.18. The Labute approximate surface area is 194 Å². The summed E-state index contributed by atoms with van der Waals surface area (Å²) in [5.41, 5.74) is 2.33. The average molecular weight is 476 g/mol. The molecule has 1 N–H and O–H groups in total. The third-order valence-electron chi connectivity index (χ3n) is 5.40. The Morgan fingerprint density at radius 3 is 2.55 bits per heavy atom. The van der Waals surface area contributed by atoms with E-state index in [4.69, 9.17) is 34.8 Å².